The highest BCUT2D eigenvalue weighted by Crippen LogP contribution is 2.13. The topological polar surface area (TPSA) is 43.6 Å². The molecule has 0 spiro atoms. The zero-order valence-electron chi connectivity index (χ0n) is 7.10. The molecule has 2 heterocycles. The van der Waals surface area contributed by atoms with Gasteiger partial charge in [-0.15, -0.1) is 5.10 Å². The van der Waals surface area contributed by atoms with Gasteiger partial charge < -0.3 is 4.57 Å². The molecule has 0 aromatic carbocycles. The van der Waals surface area contributed by atoms with E-state index in [0.29, 0.717) is 11.7 Å². The normalized spacial score (nSPS) is 11.2. The Balaban J connectivity index is 2.70. The van der Waals surface area contributed by atoms with Crippen LogP contribution in [0.5, 0.6) is 0 Å². The van der Waals surface area contributed by atoms with E-state index in [4.69, 9.17) is 0 Å². The van der Waals surface area contributed by atoms with Crippen molar-refractivity contribution >= 4 is 11.2 Å². The Bertz CT molecular complexity index is 391. The molecule has 4 nitrogen and oxygen atoms in total. The highest BCUT2D eigenvalue weighted by atomic mass is 15.2. The van der Waals surface area contributed by atoms with Crippen molar-refractivity contribution in [1.82, 2.24) is 19.7 Å². The summed E-state index contributed by atoms with van der Waals surface area (Å²) in [5.74, 6) is 0. The number of aromatic nitrogens is 4. The van der Waals surface area contributed by atoms with E-state index < -0.39 is 0 Å². The van der Waals surface area contributed by atoms with Crippen LogP contribution in [-0.2, 0) is 0 Å². The van der Waals surface area contributed by atoms with Crippen LogP contribution in [0.4, 0.5) is 0 Å². The van der Waals surface area contributed by atoms with Crippen LogP contribution in [-0.4, -0.2) is 19.7 Å². The lowest BCUT2D eigenvalue weighted by molar-refractivity contribution is 0.617. The van der Waals surface area contributed by atoms with Crippen molar-refractivity contribution in [2.45, 2.75) is 19.9 Å². The molecule has 2 aromatic rings. The zero-order valence-corrected chi connectivity index (χ0v) is 7.10. The molecule has 0 aliphatic rings. The van der Waals surface area contributed by atoms with Crippen LogP contribution in [0.2, 0.25) is 0 Å². The second-order valence-corrected chi connectivity index (χ2v) is 2.99. The summed E-state index contributed by atoms with van der Waals surface area (Å²) < 4.78 is 2.07. The predicted molar refractivity (Wildman–Crippen MR) is 45.7 cm³/mol. The van der Waals surface area contributed by atoms with Crippen molar-refractivity contribution in [2.24, 2.45) is 0 Å². The van der Waals surface area contributed by atoms with Crippen molar-refractivity contribution in [3.63, 3.8) is 0 Å². The standard InChI is InChI=1S/C8H10N4/c1-6(2)12-5-9-8-7(12)3-4-10-11-8/h3-6H,1-2H3. The van der Waals surface area contributed by atoms with E-state index in [2.05, 4.69) is 33.6 Å². The van der Waals surface area contributed by atoms with Gasteiger partial charge in [-0.05, 0) is 19.9 Å². The Morgan fingerprint density at radius 1 is 1.42 bits per heavy atom. The first-order valence-electron chi connectivity index (χ1n) is 3.93. The molecule has 0 unspecified atom stereocenters. The lowest BCUT2D eigenvalue weighted by Gasteiger charge is -2.06. The monoisotopic (exact) mass is 162 g/mol. The van der Waals surface area contributed by atoms with Gasteiger partial charge in [0.15, 0.2) is 5.65 Å². The van der Waals surface area contributed by atoms with Crippen LogP contribution >= 0.6 is 0 Å². The number of fused-ring (bicyclic) bond motifs is 1. The van der Waals surface area contributed by atoms with Gasteiger partial charge >= 0.3 is 0 Å². The first kappa shape index (κ1) is 7.21. The number of nitrogens with zero attached hydrogens (tertiary/aromatic N) is 4. The molecule has 0 saturated carbocycles. The molecule has 0 amide bonds. The van der Waals surface area contributed by atoms with Gasteiger partial charge in [-0.25, -0.2) is 4.98 Å². The zero-order chi connectivity index (χ0) is 8.55. The Morgan fingerprint density at radius 3 is 3.00 bits per heavy atom. The Hall–Kier alpha value is -1.45. The highest BCUT2D eigenvalue weighted by molar-refractivity contribution is 5.69. The van der Waals surface area contributed by atoms with Gasteiger partial charge in [0.05, 0.1) is 18.0 Å². The van der Waals surface area contributed by atoms with E-state index >= 15 is 0 Å². The molecule has 0 radical (unpaired) electrons. The Labute approximate surface area is 70.3 Å². The maximum absolute atomic E-state index is 4.13. The van der Waals surface area contributed by atoms with E-state index in [1.54, 1.807) is 12.5 Å². The third-order valence-electron chi connectivity index (χ3n) is 1.82. The van der Waals surface area contributed by atoms with Gasteiger partial charge in [0, 0.05) is 6.04 Å². The molecule has 0 atom stereocenters. The van der Waals surface area contributed by atoms with Gasteiger partial charge in [-0.3, -0.25) is 0 Å². The molecule has 4 heteroatoms. The van der Waals surface area contributed by atoms with E-state index in [1.165, 1.54) is 0 Å². The first-order chi connectivity index (χ1) is 5.79. The lowest BCUT2D eigenvalue weighted by atomic mass is 10.4. The second kappa shape index (κ2) is 2.55. The number of hydrogen-bond acceptors (Lipinski definition) is 3. The van der Waals surface area contributed by atoms with E-state index in [-0.39, 0.29) is 0 Å². The molecule has 0 aliphatic carbocycles. The maximum Gasteiger partial charge on any atom is 0.199 e. The van der Waals surface area contributed by atoms with Crippen LogP contribution in [0, 0.1) is 0 Å². The minimum absolute atomic E-state index is 0.416. The SMILES string of the molecule is CC(C)n1cnc2nnccc21. The average molecular weight is 162 g/mol. The summed E-state index contributed by atoms with van der Waals surface area (Å²) in [5.41, 5.74) is 1.76. The molecule has 0 bridgehead atoms. The summed E-state index contributed by atoms with van der Waals surface area (Å²) in [4.78, 5) is 4.13. The summed E-state index contributed by atoms with van der Waals surface area (Å²) in [5, 5.41) is 7.66. The molecule has 0 N–H and O–H groups in total. The molecule has 0 saturated heterocycles. The predicted octanol–water partition coefficient (Wildman–Crippen LogP) is 1.41. The van der Waals surface area contributed by atoms with Gasteiger partial charge in [0.25, 0.3) is 0 Å². The number of rotatable bonds is 1. The average Bonchev–Trinajstić information content (AvgIpc) is 2.47. The fourth-order valence-electron chi connectivity index (χ4n) is 1.20. The van der Waals surface area contributed by atoms with Crippen LogP contribution < -0.4 is 0 Å². The van der Waals surface area contributed by atoms with E-state index in [0.717, 1.165) is 5.52 Å². The number of imidazole rings is 1. The van der Waals surface area contributed by atoms with E-state index in [9.17, 15) is 0 Å². The van der Waals surface area contributed by atoms with Gasteiger partial charge in [-0.1, -0.05) is 0 Å². The summed E-state index contributed by atoms with van der Waals surface area (Å²) in [7, 11) is 0. The van der Waals surface area contributed by atoms with Crippen molar-refractivity contribution in [2.75, 3.05) is 0 Å². The fraction of sp³-hybridized carbons (Fsp3) is 0.375. The number of hydrogen-bond donors (Lipinski definition) is 0. The second-order valence-electron chi connectivity index (χ2n) is 2.99. The highest BCUT2D eigenvalue weighted by Gasteiger charge is 2.04. The van der Waals surface area contributed by atoms with Crippen molar-refractivity contribution in [1.29, 1.82) is 0 Å². The molecular formula is C8H10N4. The Morgan fingerprint density at radius 2 is 2.25 bits per heavy atom. The van der Waals surface area contributed by atoms with Crippen LogP contribution in [0.15, 0.2) is 18.6 Å². The molecule has 12 heavy (non-hydrogen) atoms. The summed E-state index contributed by atoms with van der Waals surface area (Å²) in [6.07, 6.45) is 3.48. The molecular weight excluding hydrogens is 152 g/mol. The third-order valence-corrected chi connectivity index (χ3v) is 1.82. The minimum Gasteiger partial charge on any atom is -0.327 e. The van der Waals surface area contributed by atoms with Crippen molar-refractivity contribution in [3.8, 4) is 0 Å². The van der Waals surface area contributed by atoms with E-state index in [1.807, 2.05) is 6.07 Å². The van der Waals surface area contributed by atoms with Crippen LogP contribution in [0.3, 0.4) is 0 Å². The van der Waals surface area contributed by atoms with Crippen molar-refractivity contribution in [3.05, 3.63) is 18.6 Å². The molecule has 2 rings (SSSR count). The summed E-state index contributed by atoms with van der Waals surface area (Å²) >= 11 is 0. The molecule has 0 aliphatic heterocycles. The molecule has 2 aromatic heterocycles. The lowest BCUT2D eigenvalue weighted by Crippen LogP contribution is -1.98. The summed E-state index contributed by atoms with van der Waals surface area (Å²) in [6.45, 7) is 4.23. The van der Waals surface area contributed by atoms with Crippen LogP contribution in [0.25, 0.3) is 11.2 Å². The van der Waals surface area contributed by atoms with Crippen molar-refractivity contribution < 1.29 is 0 Å². The minimum atomic E-state index is 0.416. The smallest absolute Gasteiger partial charge is 0.199 e. The van der Waals surface area contributed by atoms with Crippen LogP contribution in [0.1, 0.15) is 19.9 Å². The maximum atomic E-state index is 4.13. The fourth-order valence-corrected chi connectivity index (χ4v) is 1.20. The largest absolute Gasteiger partial charge is 0.327 e. The Kier molecular flexibility index (Phi) is 1.53. The van der Waals surface area contributed by atoms with Gasteiger partial charge in [-0.2, -0.15) is 5.10 Å². The first-order valence-corrected chi connectivity index (χ1v) is 3.93. The molecule has 0 fully saturated rings. The van der Waals surface area contributed by atoms with Gasteiger partial charge in [0.1, 0.15) is 0 Å². The molecule has 62 valence electrons. The summed E-state index contributed by atoms with van der Waals surface area (Å²) in [6, 6.07) is 2.34. The third kappa shape index (κ3) is 0.958. The van der Waals surface area contributed by atoms with Gasteiger partial charge in [0.2, 0.25) is 0 Å². The quantitative estimate of drug-likeness (QED) is 0.636.